The van der Waals surface area contributed by atoms with Crippen LogP contribution in [0.5, 0.6) is 11.5 Å². The van der Waals surface area contributed by atoms with E-state index in [9.17, 15) is 4.79 Å². The lowest BCUT2D eigenvalue weighted by atomic mass is 10.1. The first-order valence-corrected chi connectivity index (χ1v) is 10.6. The van der Waals surface area contributed by atoms with E-state index >= 15 is 0 Å². The number of carbonyl (C=O) groups is 1. The number of anilines is 1. The number of hydrogen-bond donors (Lipinski definition) is 0. The first-order valence-electron chi connectivity index (χ1n) is 9.79. The van der Waals surface area contributed by atoms with Crippen molar-refractivity contribution >= 4 is 32.6 Å². The van der Waals surface area contributed by atoms with Gasteiger partial charge in [-0.25, -0.2) is 4.98 Å². The Kier molecular flexibility index (Phi) is 5.58. The molecule has 1 aliphatic rings. The molecule has 6 nitrogen and oxygen atoms in total. The number of thiazole rings is 1. The molecule has 4 rings (SSSR count). The third-order valence-corrected chi connectivity index (χ3v) is 6.43. The number of aromatic nitrogens is 1. The molecule has 2 heterocycles. The monoisotopic (exact) mass is 411 g/mol. The fraction of sp³-hybridized carbons (Fsp3) is 0.364. The standard InChI is InChI=1S/C22H25N3O3S/c1-4-15-6-5-7-19-20(15)23-22(29-19)25-12-10-24(11-13-25)21(26)17-9-8-16(27-2)14-18(17)28-3/h5-9,14H,4,10-13H2,1-3H3. The number of benzene rings is 2. The third kappa shape index (κ3) is 3.74. The Bertz CT molecular complexity index is 1030. The highest BCUT2D eigenvalue weighted by Gasteiger charge is 2.26. The van der Waals surface area contributed by atoms with E-state index in [1.165, 1.54) is 10.3 Å². The Hall–Kier alpha value is -2.80. The summed E-state index contributed by atoms with van der Waals surface area (Å²) in [7, 11) is 3.17. The summed E-state index contributed by atoms with van der Waals surface area (Å²) in [6.07, 6.45) is 0.979. The van der Waals surface area contributed by atoms with Crippen molar-refractivity contribution in [1.82, 2.24) is 9.88 Å². The van der Waals surface area contributed by atoms with Crippen LogP contribution in [0.15, 0.2) is 36.4 Å². The van der Waals surface area contributed by atoms with Gasteiger partial charge in [0, 0.05) is 32.2 Å². The van der Waals surface area contributed by atoms with Crippen molar-refractivity contribution in [2.75, 3.05) is 45.3 Å². The van der Waals surface area contributed by atoms with E-state index in [-0.39, 0.29) is 5.91 Å². The molecule has 29 heavy (non-hydrogen) atoms. The fourth-order valence-corrected chi connectivity index (χ4v) is 4.73. The average Bonchev–Trinajstić information content (AvgIpc) is 3.22. The lowest BCUT2D eigenvalue weighted by molar-refractivity contribution is 0.0743. The summed E-state index contributed by atoms with van der Waals surface area (Å²) >= 11 is 1.73. The summed E-state index contributed by atoms with van der Waals surface area (Å²) in [5.74, 6) is 1.20. The molecule has 0 atom stereocenters. The molecule has 2 aromatic carbocycles. The molecule has 1 fully saturated rings. The van der Waals surface area contributed by atoms with Crippen molar-refractivity contribution in [2.24, 2.45) is 0 Å². The first kappa shape index (κ1) is 19.5. The van der Waals surface area contributed by atoms with Crippen molar-refractivity contribution in [1.29, 1.82) is 0 Å². The number of rotatable bonds is 5. The van der Waals surface area contributed by atoms with E-state index in [1.807, 2.05) is 4.90 Å². The van der Waals surface area contributed by atoms with Crippen molar-refractivity contribution in [3.05, 3.63) is 47.5 Å². The number of fused-ring (bicyclic) bond motifs is 1. The van der Waals surface area contributed by atoms with Gasteiger partial charge in [0.05, 0.1) is 30.0 Å². The van der Waals surface area contributed by atoms with Gasteiger partial charge in [-0.2, -0.15) is 0 Å². The summed E-state index contributed by atoms with van der Waals surface area (Å²) in [4.78, 5) is 22.1. The van der Waals surface area contributed by atoms with Crippen molar-refractivity contribution in [3.8, 4) is 11.5 Å². The van der Waals surface area contributed by atoms with Crippen LogP contribution < -0.4 is 14.4 Å². The predicted molar refractivity (Wildman–Crippen MR) is 117 cm³/mol. The van der Waals surface area contributed by atoms with Gasteiger partial charge in [-0.3, -0.25) is 4.79 Å². The van der Waals surface area contributed by atoms with E-state index in [4.69, 9.17) is 14.5 Å². The van der Waals surface area contributed by atoms with Crippen LogP contribution in [0.2, 0.25) is 0 Å². The molecule has 3 aromatic rings. The van der Waals surface area contributed by atoms with Crippen LogP contribution in [0.1, 0.15) is 22.8 Å². The molecule has 7 heteroatoms. The lowest BCUT2D eigenvalue weighted by Crippen LogP contribution is -2.48. The number of methoxy groups -OCH3 is 2. The molecule has 1 aromatic heterocycles. The fourth-order valence-electron chi connectivity index (χ4n) is 3.66. The molecule has 0 N–H and O–H groups in total. The van der Waals surface area contributed by atoms with Crippen LogP contribution in [0, 0.1) is 0 Å². The van der Waals surface area contributed by atoms with E-state index < -0.39 is 0 Å². The number of ether oxygens (including phenoxy) is 2. The molecule has 0 radical (unpaired) electrons. The molecule has 0 saturated carbocycles. The number of para-hydroxylation sites is 1. The number of nitrogens with zero attached hydrogens (tertiary/aromatic N) is 3. The SMILES string of the molecule is CCc1cccc2sc(N3CCN(C(=O)c4ccc(OC)cc4OC)CC3)nc12. The second-order valence-electron chi connectivity index (χ2n) is 6.96. The van der Waals surface area contributed by atoms with Gasteiger partial charge < -0.3 is 19.3 Å². The highest BCUT2D eigenvalue weighted by molar-refractivity contribution is 7.22. The van der Waals surface area contributed by atoms with Crippen LogP contribution in [0.25, 0.3) is 10.2 Å². The number of hydrogen-bond acceptors (Lipinski definition) is 6. The minimum absolute atomic E-state index is 0.0123. The third-order valence-electron chi connectivity index (χ3n) is 5.35. The number of carbonyl (C=O) groups excluding carboxylic acids is 1. The lowest BCUT2D eigenvalue weighted by Gasteiger charge is -2.34. The Morgan fingerprint density at radius 3 is 2.59 bits per heavy atom. The Balaban J connectivity index is 1.48. The quantitative estimate of drug-likeness (QED) is 0.639. The number of aryl methyl sites for hydroxylation is 1. The minimum atomic E-state index is -0.0123. The summed E-state index contributed by atoms with van der Waals surface area (Å²) in [5.41, 5.74) is 2.95. The molecule has 1 amide bonds. The maximum absolute atomic E-state index is 13.0. The molecular formula is C22H25N3O3S. The zero-order valence-corrected chi connectivity index (χ0v) is 17.8. The predicted octanol–water partition coefficient (Wildman–Crippen LogP) is 3.84. The second kappa shape index (κ2) is 8.29. The minimum Gasteiger partial charge on any atom is -0.497 e. The highest BCUT2D eigenvalue weighted by Crippen LogP contribution is 2.32. The van der Waals surface area contributed by atoms with Crippen LogP contribution >= 0.6 is 11.3 Å². The molecule has 1 saturated heterocycles. The molecule has 0 bridgehead atoms. The topological polar surface area (TPSA) is 54.9 Å². The van der Waals surface area contributed by atoms with Crippen molar-refractivity contribution in [2.45, 2.75) is 13.3 Å². The molecule has 1 aliphatic heterocycles. The van der Waals surface area contributed by atoms with Gasteiger partial charge in [-0.15, -0.1) is 0 Å². The molecule has 0 spiro atoms. The van der Waals surface area contributed by atoms with E-state index in [2.05, 4.69) is 30.0 Å². The normalized spacial score (nSPS) is 14.3. The zero-order chi connectivity index (χ0) is 20.4. The Morgan fingerprint density at radius 1 is 1.10 bits per heavy atom. The number of amides is 1. The van der Waals surface area contributed by atoms with Crippen LogP contribution in [-0.2, 0) is 6.42 Å². The van der Waals surface area contributed by atoms with Gasteiger partial charge in [0.1, 0.15) is 11.5 Å². The largest absolute Gasteiger partial charge is 0.497 e. The first-order chi connectivity index (χ1) is 14.1. The van der Waals surface area contributed by atoms with E-state index in [0.29, 0.717) is 30.2 Å². The van der Waals surface area contributed by atoms with Gasteiger partial charge in [-0.05, 0) is 30.2 Å². The average molecular weight is 412 g/mol. The molecule has 0 unspecified atom stereocenters. The smallest absolute Gasteiger partial charge is 0.257 e. The van der Waals surface area contributed by atoms with E-state index in [0.717, 1.165) is 30.2 Å². The van der Waals surface area contributed by atoms with Gasteiger partial charge in [0.2, 0.25) is 0 Å². The molecular weight excluding hydrogens is 386 g/mol. The summed E-state index contributed by atoms with van der Waals surface area (Å²) in [5, 5.41) is 1.04. The Labute approximate surface area is 174 Å². The molecule has 152 valence electrons. The molecule has 0 aliphatic carbocycles. The van der Waals surface area contributed by atoms with Gasteiger partial charge in [-0.1, -0.05) is 30.4 Å². The second-order valence-corrected chi connectivity index (χ2v) is 7.97. The number of piperazine rings is 1. The zero-order valence-electron chi connectivity index (χ0n) is 17.0. The Morgan fingerprint density at radius 2 is 1.90 bits per heavy atom. The summed E-state index contributed by atoms with van der Waals surface area (Å²) in [6, 6.07) is 11.7. The van der Waals surface area contributed by atoms with Crippen LogP contribution in [-0.4, -0.2) is 56.2 Å². The van der Waals surface area contributed by atoms with Gasteiger partial charge in [0.15, 0.2) is 5.13 Å². The van der Waals surface area contributed by atoms with Crippen molar-refractivity contribution in [3.63, 3.8) is 0 Å². The summed E-state index contributed by atoms with van der Waals surface area (Å²) in [6.45, 7) is 5.01. The maximum atomic E-state index is 13.0. The van der Waals surface area contributed by atoms with Crippen LogP contribution in [0.3, 0.4) is 0 Å². The van der Waals surface area contributed by atoms with Crippen LogP contribution in [0.4, 0.5) is 5.13 Å². The van der Waals surface area contributed by atoms with Crippen molar-refractivity contribution < 1.29 is 14.3 Å². The van der Waals surface area contributed by atoms with E-state index in [1.54, 1.807) is 43.8 Å². The highest BCUT2D eigenvalue weighted by atomic mass is 32.1. The summed E-state index contributed by atoms with van der Waals surface area (Å²) < 4.78 is 11.8. The van der Waals surface area contributed by atoms with Gasteiger partial charge in [0.25, 0.3) is 5.91 Å². The van der Waals surface area contributed by atoms with Gasteiger partial charge >= 0.3 is 0 Å². The maximum Gasteiger partial charge on any atom is 0.257 e.